The van der Waals surface area contributed by atoms with Crippen LogP contribution in [0.1, 0.15) is 201 Å². The van der Waals surface area contributed by atoms with Crippen LogP contribution in [0.3, 0.4) is 0 Å². The summed E-state index contributed by atoms with van der Waals surface area (Å²) in [6.07, 6.45) is 49.3. The Hall–Kier alpha value is -2.89. The maximum atomic E-state index is 12.7. The molecule has 0 amide bonds. The van der Waals surface area contributed by atoms with E-state index in [0.29, 0.717) is 19.3 Å². The van der Waals surface area contributed by atoms with Crippen LogP contribution in [0, 0.1) is 0 Å². The molecule has 53 heavy (non-hydrogen) atoms. The molecule has 0 aromatic carbocycles. The topological polar surface area (TPSA) is 78.9 Å². The number of esters is 3. The molecule has 0 aromatic rings. The predicted octanol–water partition coefficient (Wildman–Crippen LogP) is 13.7. The standard InChI is InChI=1S/C47H80O6/c1-4-7-10-13-16-19-22-25-28-31-34-37-40-46(49)52-43-44(42-51-45(48)39-36-33-30-27-24-21-18-15-12-9-6-3)53-47(50)41-38-35-32-29-26-23-20-17-14-11-8-5-2/h7,9-10,12,16,18-19,21,27,30,44H,4-6,8,11,13-15,17,20,22-26,28-29,31-43H2,1-3H3/b10-7-,12-9-,19-16-,21-18-,30-27-. The molecule has 0 aliphatic rings. The summed E-state index contributed by atoms with van der Waals surface area (Å²) >= 11 is 0. The Morgan fingerprint density at radius 1 is 0.396 bits per heavy atom. The monoisotopic (exact) mass is 741 g/mol. The van der Waals surface area contributed by atoms with Gasteiger partial charge < -0.3 is 14.2 Å². The SMILES string of the molecule is CC/C=C\C/C=C\C/C=C\CCCC(=O)OCC(COC(=O)CCCCCCC/C=C\C/C=C\CC)OC(=O)CCCCCCCCCCCCCC. The average molecular weight is 741 g/mol. The minimum absolute atomic E-state index is 0.0967. The molecule has 0 N–H and O–H groups in total. The zero-order valence-corrected chi connectivity index (χ0v) is 34.5. The summed E-state index contributed by atoms with van der Waals surface area (Å²) in [5, 5.41) is 0. The van der Waals surface area contributed by atoms with Crippen molar-refractivity contribution in [2.75, 3.05) is 13.2 Å². The van der Waals surface area contributed by atoms with Gasteiger partial charge in [-0.15, -0.1) is 0 Å². The smallest absolute Gasteiger partial charge is 0.306 e. The van der Waals surface area contributed by atoms with E-state index < -0.39 is 6.10 Å². The molecular formula is C47H80O6. The minimum Gasteiger partial charge on any atom is -0.462 e. The van der Waals surface area contributed by atoms with Crippen molar-refractivity contribution >= 4 is 17.9 Å². The maximum absolute atomic E-state index is 12.7. The van der Waals surface area contributed by atoms with Crippen LogP contribution < -0.4 is 0 Å². The Balaban J connectivity index is 4.46. The Bertz CT molecular complexity index is 991. The lowest BCUT2D eigenvalue weighted by atomic mass is 10.0. The Labute approximate surface area is 326 Å². The molecule has 0 fully saturated rings. The number of unbranched alkanes of at least 4 members (excludes halogenated alkanes) is 17. The lowest BCUT2D eigenvalue weighted by Crippen LogP contribution is -2.30. The molecule has 0 saturated heterocycles. The molecule has 0 spiro atoms. The first-order valence-corrected chi connectivity index (χ1v) is 21.8. The summed E-state index contributed by atoms with van der Waals surface area (Å²) in [7, 11) is 0. The van der Waals surface area contributed by atoms with Crippen molar-refractivity contribution in [1.82, 2.24) is 0 Å². The summed E-state index contributed by atoms with van der Waals surface area (Å²) in [6.45, 7) is 6.32. The third-order valence-electron chi connectivity index (χ3n) is 9.02. The number of ether oxygens (including phenoxy) is 3. The highest BCUT2D eigenvalue weighted by molar-refractivity contribution is 5.71. The first kappa shape index (κ1) is 50.1. The first-order chi connectivity index (χ1) is 26.0. The Kier molecular flexibility index (Phi) is 39.6. The Morgan fingerprint density at radius 3 is 1.23 bits per heavy atom. The van der Waals surface area contributed by atoms with Crippen LogP contribution in [0.2, 0.25) is 0 Å². The highest BCUT2D eigenvalue weighted by Gasteiger charge is 2.19. The summed E-state index contributed by atoms with van der Waals surface area (Å²) in [4.78, 5) is 37.6. The summed E-state index contributed by atoms with van der Waals surface area (Å²) in [5.41, 5.74) is 0. The molecule has 0 radical (unpaired) electrons. The van der Waals surface area contributed by atoms with E-state index >= 15 is 0 Å². The third kappa shape index (κ3) is 40.1. The number of hydrogen-bond acceptors (Lipinski definition) is 6. The van der Waals surface area contributed by atoms with Gasteiger partial charge in [-0.25, -0.2) is 0 Å². The molecule has 304 valence electrons. The quantitative estimate of drug-likeness (QED) is 0.0271. The fourth-order valence-corrected chi connectivity index (χ4v) is 5.80. The van der Waals surface area contributed by atoms with Crippen LogP contribution in [0.15, 0.2) is 60.8 Å². The van der Waals surface area contributed by atoms with E-state index in [9.17, 15) is 14.4 Å². The van der Waals surface area contributed by atoms with E-state index in [-0.39, 0.29) is 37.5 Å². The number of rotatable bonds is 38. The van der Waals surface area contributed by atoms with Crippen LogP contribution in [0.4, 0.5) is 0 Å². The first-order valence-electron chi connectivity index (χ1n) is 21.8. The summed E-state index contributed by atoms with van der Waals surface area (Å²) < 4.78 is 16.6. The number of carbonyl (C=O) groups excluding carboxylic acids is 3. The maximum Gasteiger partial charge on any atom is 0.306 e. The van der Waals surface area contributed by atoms with Gasteiger partial charge in [-0.1, -0.05) is 171 Å². The van der Waals surface area contributed by atoms with E-state index in [1.807, 2.05) is 0 Å². The van der Waals surface area contributed by atoms with E-state index in [1.165, 1.54) is 57.8 Å². The van der Waals surface area contributed by atoms with Crippen LogP contribution >= 0.6 is 0 Å². The normalized spacial score (nSPS) is 12.6. The summed E-state index contributed by atoms with van der Waals surface area (Å²) in [6, 6.07) is 0. The van der Waals surface area contributed by atoms with Crippen molar-refractivity contribution in [2.45, 2.75) is 207 Å². The van der Waals surface area contributed by atoms with Gasteiger partial charge in [0.25, 0.3) is 0 Å². The predicted molar refractivity (Wildman–Crippen MR) is 224 cm³/mol. The van der Waals surface area contributed by atoms with E-state index in [4.69, 9.17) is 14.2 Å². The molecule has 0 saturated carbocycles. The fraction of sp³-hybridized carbons (Fsp3) is 0.723. The van der Waals surface area contributed by atoms with Gasteiger partial charge >= 0.3 is 17.9 Å². The van der Waals surface area contributed by atoms with Gasteiger partial charge in [-0.3, -0.25) is 14.4 Å². The van der Waals surface area contributed by atoms with E-state index in [2.05, 4.69) is 81.5 Å². The largest absolute Gasteiger partial charge is 0.462 e. The van der Waals surface area contributed by atoms with Gasteiger partial charge in [0, 0.05) is 19.3 Å². The lowest BCUT2D eigenvalue weighted by Gasteiger charge is -2.18. The molecule has 1 unspecified atom stereocenters. The lowest BCUT2D eigenvalue weighted by molar-refractivity contribution is -0.167. The fourth-order valence-electron chi connectivity index (χ4n) is 5.80. The molecule has 6 nitrogen and oxygen atoms in total. The van der Waals surface area contributed by atoms with Gasteiger partial charge in [-0.2, -0.15) is 0 Å². The van der Waals surface area contributed by atoms with Gasteiger partial charge in [0.05, 0.1) is 0 Å². The second kappa shape index (κ2) is 41.9. The second-order valence-corrected chi connectivity index (χ2v) is 14.2. The molecule has 0 aliphatic carbocycles. The zero-order valence-electron chi connectivity index (χ0n) is 34.5. The van der Waals surface area contributed by atoms with Gasteiger partial charge in [0.15, 0.2) is 6.10 Å². The van der Waals surface area contributed by atoms with Crippen LogP contribution in [0.5, 0.6) is 0 Å². The van der Waals surface area contributed by atoms with Crippen molar-refractivity contribution in [3.05, 3.63) is 60.8 Å². The molecule has 0 bridgehead atoms. The number of carbonyl (C=O) groups is 3. The van der Waals surface area contributed by atoms with E-state index in [1.54, 1.807) is 0 Å². The van der Waals surface area contributed by atoms with Crippen molar-refractivity contribution in [2.24, 2.45) is 0 Å². The average Bonchev–Trinajstić information content (AvgIpc) is 3.15. The van der Waals surface area contributed by atoms with Gasteiger partial charge in [0.1, 0.15) is 13.2 Å². The Morgan fingerprint density at radius 2 is 0.755 bits per heavy atom. The van der Waals surface area contributed by atoms with Crippen molar-refractivity contribution < 1.29 is 28.6 Å². The zero-order chi connectivity index (χ0) is 38.7. The third-order valence-corrected chi connectivity index (χ3v) is 9.02. The van der Waals surface area contributed by atoms with Crippen molar-refractivity contribution in [3.63, 3.8) is 0 Å². The molecule has 0 aromatic heterocycles. The van der Waals surface area contributed by atoms with Crippen LogP contribution in [-0.4, -0.2) is 37.2 Å². The minimum atomic E-state index is -0.794. The highest BCUT2D eigenvalue weighted by atomic mass is 16.6. The molecule has 6 heteroatoms. The van der Waals surface area contributed by atoms with Gasteiger partial charge in [-0.05, 0) is 70.6 Å². The molecule has 1 atom stereocenters. The molecule has 0 rings (SSSR count). The number of hydrogen-bond donors (Lipinski definition) is 0. The van der Waals surface area contributed by atoms with Gasteiger partial charge in [0.2, 0.25) is 0 Å². The van der Waals surface area contributed by atoms with Crippen LogP contribution in [0.25, 0.3) is 0 Å². The number of allylic oxidation sites excluding steroid dienone is 10. The molecular weight excluding hydrogens is 661 g/mol. The second-order valence-electron chi connectivity index (χ2n) is 14.2. The van der Waals surface area contributed by atoms with Crippen LogP contribution in [-0.2, 0) is 28.6 Å². The van der Waals surface area contributed by atoms with E-state index in [0.717, 1.165) is 96.3 Å². The molecule has 0 aliphatic heterocycles. The summed E-state index contributed by atoms with van der Waals surface area (Å²) in [5.74, 6) is -0.972. The highest BCUT2D eigenvalue weighted by Crippen LogP contribution is 2.14. The molecule has 0 heterocycles. The van der Waals surface area contributed by atoms with Crippen molar-refractivity contribution in [3.8, 4) is 0 Å². The van der Waals surface area contributed by atoms with Crippen molar-refractivity contribution in [1.29, 1.82) is 0 Å².